The molecule has 1 N–H and O–H groups in total. The van der Waals surface area contributed by atoms with Crippen molar-refractivity contribution in [1.29, 1.82) is 0 Å². The number of ketones is 1. The molecule has 3 rings (SSSR count). The van der Waals surface area contributed by atoms with E-state index in [1.807, 2.05) is 38.1 Å². The fourth-order valence-corrected chi connectivity index (χ4v) is 4.30. The lowest BCUT2D eigenvalue weighted by Crippen LogP contribution is -2.27. The maximum Gasteiger partial charge on any atom is 0.306 e. The van der Waals surface area contributed by atoms with Gasteiger partial charge in [-0.1, -0.05) is 24.6 Å². The highest BCUT2D eigenvalue weighted by Crippen LogP contribution is 2.36. The molecular weight excluding hydrogens is 394 g/mol. The summed E-state index contributed by atoms with van der Waals surface area (Å²) in [6.45, 7) is 3.53. The molecule has 8 nitrogen and oxygen atoms in total. The third-order valence-electron chi connectivity index (χ3n) is 5.17. The molecule has 29 heavy (non-hydrogen) atoms. The number of carbonyl (C=O) groups is 2. The van der Waals surface area contributed by atoms with Gasteiger partial charge in [-0.25, -0.2) is 4.98 Å². The predicted octanol–water partition coefficient (Wildman–Crippen LogP) is 3.75. The van der Waals surface area contributed by atoms with Crippen molar-refractivity contribution in [1.82, 2.24) is 4.98 Å². The Bertz CT molecular complexity index is 896. The summed E-state index contributed by atoms with van der Waals surface area (Å²) in [4.78, 5) is 39.2. The van der Waals surface area contributed by atoms with Gasteiger partial charge in [0.05, 0.1) is 12.1 Å². The van der Waals surface area contributed by atoms with Crippen molar-refractivity contribution in [3.63, 3.8) is 0 Å². The van der Waals surface area contributed by atoms with Gasteiger partial charge in [-0.15, -0.1) is 11.3 Å². The van der Waals surface area contributed by atoms with Gasteiger partial charge < -0.3 is 10.1 Å². The van der Waals surface area contributed by atoms with Crippen LogP contribution in [0.2, 0.25) is 0 Å². The van der Waals surface area contributed by atoms with Gasteiger partial charge in [0.2, 0.25) is 6.54 Å². The first-order valence-electron chi connectivity index (χ1n) is 9.40. The number of nitrogens with zero attached hydrogens (tertiary/aromatic N) is 2. The second-order valence-corrected chi connectivity index (χ2v) is 8.29. The molecule has 1 aromatic carbocycles. The summed E-state index contributed by atoms with van der Waals surface area (Å²) in [7, 11) is 0. The molecule has 154 valence electrons. The third-order valence-corrected chi connectivity index (χ3v) is 5.97. The Morgan fingerprint density at radius 1 is 1.38 bits per heavy atom. The van der Waals surface area contributed by atoms with Crippen molar-refractivity contribution in [3.05, 3.63) is 51.0 Å². The molecule has 9 heteroatoms. The van der Waals surface area contributed by atoms with Crippen LogP contribution in [0.4, 0.5) is 10.8 Å². The number of rotatable bonds is 8. The molecule has 1 aliphatic rings. The number of thiazole rings is 1. The fraction of sp³-hybridized carbons (Fsp3) is 0.450. The number of carbonyl (C=O) groups excluding carboxylic acids is 2. The van der Waals surface area contributed by atoms with Crippen molar-refractivity contribution < 1.29 is 19.2 Å². The minimum atomic E-state index is -0.642. The number of esters is 1. The van der Waals surface area contributed by atoms with Gasteiger partial charge in [0.1, 0.15) is 12.4 Å². The molecule has 3 atom stereocenters. The fourth-order valence-electron chi connectivity index (χ4n) is 3.58. The summed E-state index contributed by atoms with van der Waals surface area (Å²) in [5.74, 6) is -1.79. The summed E-state index contributed by atoms with van der Waals surface area (Å²) in [5.41, 5.74) is 2.68. The molecule has 0 radical (unpaired) electrons. The Morgan fingerprint density at radius 2 is 2.10 bits per heavy atom. The molecule has 1 fully saturated rings. The number of nitrogens with one attached hydrogen (secondary N) is 1. The largest absolute Gasteiger partial charge is 0.459 e. The Labute approximate surface area is 172 Å². The van der Waals surface area contributed by atoms with Crippen LogP contribution in [0.25, 0.3) is 0 Å². The standard InChI is InChI=1S/C20H23N3O5S/c1-12-3-5-14(6-4-12)21-20-22-15(11-29-20)10-28-19(25)8-16-17(9-23(26)27)13(2)7-18(16)24/h3-6,11,13,16-17H,7-10H2,1-2H3,(H,21,22)/t13-,16-,17+/m1/s1. The molecule has 1 heterocycles. The molecule has 0 aliphatic heterocycles. The number of ether oxygens (including phenoxy) is 1. The molecule has 2 aromatic rings. The molecule has 1 aromatic heterocycles. The van der Waals surface area contributed by atoms with Crippen molar-refractivity contribution in [2.75, 3.05) is 11.9 Å². The number of aromatic nitrogens is 1. The first kappa shape index (κ1) is 20.9. The molecule has 1 aliphatic carbocycles. The lowest BCUT2D eigenvalue weighted by Gasteiger charge is -2.16. The van der Waals surface area contributed by atoms with Gasteiger partial charge in [0, 0.05) is 34.2 Å². The Kier molecular flexibility index (Phi) is 6.58. The number of anilines is 2. The Hall–Kier alpha value is -2.81. The van der Waals surface area contributed by atoms with Crippen LogP contribution in [0.5, 0.6) is 0 Å². The number of hydrogen-bond donors (Lipinski definition) is 1. The highest BCUT2D eigenvalue weighted by atomic mass is 32.1. The van der Waals surface area contributed by atoms with Crippen LogP contribution in [-0.2, 0) is 20.9 Å². The van der Waals surface area contributed by atoms with Crippen LogP contribution >= 0.6 is 11.3 Å². The van der Waals surface area contributed by atoms with E-state index in [1.165, 1.54) is 11.3 Å². The Balaban J connectivity index is 1.51. The molecule has 0 spiro atoms. The predicted molar refractivity (Wildman–Crippen MR) is 109 cm³/mol. The van der Waals surface area contributed by atoms with E-state index in [0.29, 0.717) is 10.8 Å². The molecular formula is C20H23N3O5S. The van der Waals surface area contributed by atoms with E-state index in [-0.39, 0.29) is 37.7 Å². The smallest absolute Gasteiger partial charge is 0.306 e. The number of nitro groups is 1. The van der Waals surface area contributed by atoms with E-state index in [2.05, 4.69) is 10.3 Å². The number of Topliss-reactive ketones (excluding diaryl/α,β-unsaturated/α-hetero) is 1. The normalized spacial score (nSPS) is 21.2. The quantitative estimate of drug-likeness (QED) is 0.395. The number of hydrogen-bond acceptors (Lipinski definition) is 8. The third kappa shape index (κ3) is 5.60. The van der Waals surface area contributed by atoms with E-state index in [0.717, 1.165) is 11.3 Å². The van der Waals surface area contributed by atoms with Crippen LogP contribution in [0.15, 0.2) is 29.6 Å². The summed E-state index contributed by atoms with van der Waals surface area (Å²) < 4.78 is 5.26. The van der Waals surface area contributed by atoms with Gasteiger partial charge in [0.25, 0.3) is 0 Å². The van der Waals surface area contributed by atoms with Gasteiger partial charge in [0.15, 0.2) is 5.13 Å². The number of benzene rings is 1. The lowest BCUT2D eigenvalue weighted by atomic mass is 9.88. The zero-order valence-electron chi connectivity index (χ0n) is 16.3. The first-order valence-corrected chi connectivity index (χ1v) is 10.3. The average Bonchev–Trinajstić information content (AvgIpc) is 3.21. The zero-order chi connectivity index (χ0) is 21.0. The summed E-state index contributed by atoms with van der Waals surface area (Å²) >= 11 is 1.40. The van der Waals surface area contributed by atoms with Gasteiger partial charge in [-0.3, -0.25) is 19.7 Å². The average molecular weight is 417 g/mol. The summed E-state index contributed by atoms with van der Waals surface area (Å²) in [6, 6.07) is 7.90. The second-order valence-electron chi connectivity index (χ2n) is 7.43. The van der Waals surface area contributed by atoms with Crippen LogP contribution in [0.1, 0.15) is 31.0 Å². The topological polar surface area (TPSA) is 111 Å². The van der Waals surface area contributed by atoms with Crippen LogP contribution < -0.4 is 5.32 Å². The highest BCUT2D eigenvalue weighted by molar-refractivity contribution is 7.13. The molecule has 0 bridgehead atoms. The van der Waals surface area contributed by atoms with Gasteiger partial charge in [-0.05, 0) is 25.0 Å². The van der Waals surface area contributed by atoms with Crippen LogP contribution in [0, 0.1) is 34.8 Å². The van der Waals surface area contributed by atoms with E-state index in [4.69, 9.17) is 4.74 Å². The highest BCUT2D eigenvalue weighted by Gasteiger charge is 2.44. The lowest BCUT2D eigenvalue weighted by molar-refractivity contribution is -0.490. The first-order chi connectivity index (χ1) is 13.8. The monoisotopic (exact) mass is 417 g/mol. The van der Waals surface area contributed by atoms with Crippen molar-refractivity contribution in [2.24, 2.45) is 17.8 Å². The summed E-state index contributed by atoms with van der Waals surface area (Å²) in [5, 5.41) is 16.5. The molecule has 0 amide bonds. The molecule has 0 unspecified atom stereocenters. The van der Waals surface area contributed by atoms with Crippen LogP contribution in [0.3, 0.4) is 0 Å². The van der Waals surface area contributed by atoms with Crippen molar-refractivity contribution in [3.8, 4) is 0 Å². The van der Waals surface area contributed by atoms with Crippen molar-refractivity contribution >= 4 is 33.9 Å². The van der Waals surface area contributed by atoms with E-state index in [9.17, 15) is 19.7 Å². The van der Waals surface area contributed by atoms with E-state index < -0.39 is 22.7 Å². The maximum atomic E-state index is 12.2. The van der Waals surface area contributed by atoms with E-state index in [1.54, 1.807) is 5.38 Å². The van der Waals surface area contributed by atoms with Crippen LogP contribution in [-0.4, -0.2) is 28.2 Å². The zero-order valence-corrected chi connectivity index (χ0v) is 17.1. The van der Waals surface area contributed by atoms with Crippen molar-refractivity contribution in [2.45, 2.75) is 33.3 Å². The van der Waals surface area contributed by atoms with Gasteiger partial charge >= 0.3 is 5.97 Å². The summed E-state index contributed by atoms with van der Waals surface area (Å²) in [6.07, 6.45) is 0.150. The Morgan fingerprint density at radius 3 is 2.79 bits per heavy atom. The SMILES string of the molecule is Cc1ccc(Nc2nc(COC(=O)C[C@H]3C(=O)C[C@@H](C)[C@@H]3C[N+](=O)[O-])cs2)cc1. The van der Waals surface area contributed by atoms with E-state index >= 15 is 0 Å². The number of aryl methyl sites for hydroxylation is 1. The molecule has 0 saturated heterocycles. The second kappa shape index (κ2) is 9.13. The van der Waals surface area contributed by atoms with Gasteiger partial charge in [-0.2, -0.15) is 0 Å². The minimum absolute atomic E-state index is 0.00127. The maximum absolute atomic E-state index is 12.2. The molecule has 1 saturated carbocycles. The minimum Gasteiger partial charge on any atom is -0.459 e.